The molecule has 0 saturated heterocycles. The number of methoxy groups -OCH3 is 2. The summed E-state index contributed by atoms with van der Waals surface area (Å²) in [4.78, 5) is 11.5. The van der Waals surface area contributed by atoms with Gasteiger partial charge in [0.2, 0.25) is 0 Å². The lowest BCUT2D eigenvalue weighted by molar-refractivity contribution is 0.0597. The minimum absolute atomic E-state index is 0.386. The second-order valence-electron chi connectivity index (χ2n) is 3.36. The Bertz CT molecular complexity index is 532. The lowest BCUT2D eigenvalue weighted by Gasteiger charge is -2.09. The van der Waals surface area contributed by atoms with E-state index in [2.05, 4.69) is 0 Å². The number of ether oxygens (including phenoxy) is 2. The number of hydrogen-bond donors (Lipinski definition) is 0. The molecule has 0 aliphatic heterocycles. The lowest BCUT2D eigenvalue weighted by atomic mass is 10.1. The molecule has 0 radical (unpaired) electrons. The minimum Gasteiger partial charge on any atom is -0.495 e. The summed E-state index contributed by atoms with van der Waals surface area (Å²) in [5.41, 5.74) is 0.448. The van der Waals surface area contributed by atoms with Gasteiger partial charge in [-0.3, -0.25) is 0 Å². The molecule has 0 aromatic heterocycles. The summed E-state index contributed by atoms with van der Waals surface area (Å²) in [5, 5.41) is 1.94. The van der Waals surface area contributed by atoms with Gasteiger partial charge in [0, 0.05) is 5.39 Å². The zero-order valence-corrected chi connectivity index (χ0v) is 9.19. The van der Waals surface area contributed by atoms with Crippen LogP contribution in [0.2, 0.25) is 0 Å². The predicted molar refractivity (Wildman–Crippen MR) is 61.8 cm³/mol. The van der Waals surface area contributed by atoms with Crippen LogP contribution in [0.1, 0.15) is 10.4 Å². The van der Waals surface area contributed by atoms with E-state index in [9.17, 15) is 4.79 Å². The van der Waals surface area contributed by atoms with Crippen LogP contribution in [-0.4, -0.2) is 20.2 Å². The lowest BCUT2D eigenvalue weighted by Crippen LogP contribution is -2.04. The Kier molecular flexibility index (Phi) is 2.77. The Balaban J connectivity index is 2.72. The fraction of sp³-hybridized carbons (Fsp3) is 0.154. The molecule has 3 heteroatoms. The molecule has 0 bridgehead atoms. The molecule has 3 nitrogen and oxygen atoms in total. The van der Waals surface area contributed by atoms with E-state index >= 15 is 0 Å². The van der Waals surface area contributed by atoms with Gasteiger partial charge in [-0.15, -0.1) is 0 Å². The van der Waals surface area contributed by atoms with Crippen LogP contribution >= 0.6 is 0 Å². The number of fused-ring (bicyclic) bond motifs is 1. The summed E-state index contributed by atoms with van der Waals surface area (Å²) >= 11 is 0. The normalized spacial score (nSPS) is 10.1. The maximum atomic E-state index is 11.5. The number of carbonyl (C=O) groups is 1. The number of esters is 1. The maximum absolute atomic E-state index is 11.5. The molecule has 0 aliphatic carbocycles. The molecule has 82 valence electrons. The van der Waals surface area contributed by atoms with E-state index < -0.39 is 0 Å². The van der Waals surface area contributed by atoms with Crippen molar-refractivity contribution in [3.63, 3.8) is 0 Å². The summed E-state index contributed by atoms with van der Waals surface area (Å²) in [6, 6.07) is 11.3. The van der Waals surface area contributed by atoms with Crippen LogP contribution in [0.25, 0.3) is 10.8 Å². The summed E-state index contributed by atoms with van der Waals surface area (Å²) in [6.07, 6.45) is 0. The predicted octanol–water partition coefficient (Wildman–Crippen LogP) is 2.64. The molecule has 0 heterocycles. The van der Waals surface area contributed by atoms with Crippen molar-refractivity contribution in [2.24, 2.45) is 0 Å². The highest BCUT2D eigenvalue weighted by atomic mass is 16.5. The molecule has 2 rings (SSSR count). The van der Waals surface area contributed by atoms with Gasteiger partial charge in [-0.25, -0.2) is 4.79 Å². The fourth-order valence-corrected chi connectivity index (χ4v) is 1.73. The zero-order chi connectivity index (χ0) is 11.5. The van der Waals surface area contributed by atoms with E-state index in [0.29, 0.717) is 11.3 Å². The van der Waals surface area contributed by atoms with E-state index in [1.54, 1.807) is 13.2 Å². The van der Waals surface area contributed by atoms with Crippen molar-refractivity contribution >= 4 is 16.7 Å². The highest BCUT2D eigenvalue weighted by molar-refractivity contribution is 6.01. The molecule has 2 aromatic rings. The van der Waals surface area contributed by atoms with Gasteiger partial charge in [0.25, 0.3) is 0 Å². The highest BCUT2D eigenvalue weighted by Gasteiger charge is 2.14. The SMILES string of the molecule is COC(=O)c1ccc2ccccc2c1OC. The average Bonchev–Trinajstić information content (AvgIpc) is 2.36. The van der Waals surface area contributed by atoms with Crippen molar-refractivity contribution in [1.29, 1.82) is 0 Å². The number of benzene rings is 2. The minimum atomic E-state index is -0.386. The van der Waals surface area contributed by atoms with Crippen molar-refractivity contribution in [2.45, 2.75) is 0 Å². The zero-order valence-electron chi connectivity index (χ0n) is 9.19. The first kappa shape index (κ1) is 10.5. The molecular weight excluding hydrogens is 204 g/mol. The van der Waals surface area contributed by atoms with Gasteiger partial charge < -0.3 is 9.47 Å². The quantitative estimate of drug-likeness (QED) is 0.724. The molecule has 0 amide bonds. The summed E-state index contributed by atoms with van der Waals surface area (Å²) < 4.78 is 9.99. The highest BCUT2D eigenvalue weighted by Crippen LogP contribution is 2.29. The summed E-state index contributed by atoms with van der Waals surface area (Å²) in [6.45, 7) is 0. The summed E-state index contributed by atoms with van der Waals surface area (Å²) in [5.74, 6) is 0.174. The van der Waals surface area contributed by atoms with Crippen molar-refractivity contribution < 1.29 is 14.3 Å². The van der Waals surface area contributed by atoms with Gasteiger partial charge in [0.1, 0.15) is 11.3 Å². The fourth-order valence-electron chi connectivity index (χ4n) is 1.73. The van der Waals surface area contributed by atoms with E-state index in [1.807, 2.05) is 30.3 Å². The smallest absolute Gasteiger partial charge is 0.341 e. The van der Waals surface area contributed by atoms with E-state index in [0.717, 1.165) is 10.8 Å². The molecule has 0 fully saturated rings. The molecule has 0 saturated carbocycles. The van der Waals surface area contributed by atoms with Gasteiger partial charge in [-0.05, 0) is 11.5 Å². The van der Waals surface area contributed by atoms with Crippen LogP contribution in [0.3, 0.4) is 0 Å². The number of rotatable bonds is 2. The first-order chi connectivity index (χ1) is 7.77. The Morgan fingerprint density at radius 1 is 1.06 bits per heavy atom. The molecule has 0 atom stereocenters. The Morgan fingerprint density at radius 2 is 1.81 bits per heavy atom. The van der Waals surface area contributed by atoms with Gasteiger partial charge >= 0.3 is 5.97 Å². The van der Waals surface area contributed by atoms with Crippen LogP contribution in [0.4, 0.5) is 0 Å². The van der Waals surface area contributed by atoms with Crippen LogP contribution in [-0.2, 0) is 4.74 Å². The maximum Gasteiger partial charge on any atom is 0.341 e. The second kappa shape index (κ2) is 4.23. The largest absolute Gasteiger partial charge is 0.495 e. The standard InChI is InChI=1S/C13H12O3/c1-15-12-10-6-4-3-5-9(10)7-8-11(12)13(14)16-2/h3-8H,1-2H3. The summed E-state index contributed by atoms with van der Waals surface area (Å²) in [7, 11) is 2.91. The molecule has 0 spiro atoms. The average molecular weight is 216 g/mol. The van der Waals surface area contributed by atoms with Crippen molar-refractivity contribution in [3.8, 4) is 5.75 Å². The molecule has 0 unspecified atom stereocenters. The van der Waals surface area contributed by atoms with Crippen molar-refractivity contribution in [3.05, 3.63) is 42.0 Å². The Hall–Kier alpha value is -2.03. The molecular formula is C13H12O3. The molecule has 0 aliphatic rings. The molecule has 16 heavy (non-hydrogen) atoms. The van der Waals surface area contributed by atoms with Gasteiger partial charge in [0.15, 0.2) is 0 Å². The van der Waals surface area contributed by atoms with Crippen LogP contribution in [0.5, 0.6) is 5.75 Å². The third-order valence-corrected chi connectivity index (χ3v) is 2.49. The third-order valence-electron chi connectivity index (χ3n) is 2.49. The van der Waals surface area contributed by atoms with Crippen molar-refractivity contribution in [2.75, 3.05) is 14.2 Å². The topological polar surface area (TPSA) is 35.5 Å². The Labute approximate surface area is 93.6 Å². The first-order valence-corrected chi connectivity index (χ1v) is 4.92. The molecule has 2 aromatic carbocycles. The van der Waals surface area contributed by atoms with Crippen LogP contribution < -0.4 is 4.74 Å². The van der Waals surface area contributed by atoms with Gasteiger partial charge in [-0.1, -0.05) is 30.3 Å². The van der Waals surface area contributed by atoms with E-state index in [-0.39, 0.29) is 5.97 Å². The van der Waals surface area contributed by atoms with Crippen LogP contribution in [0, 0.1) is 0 Å². The van der Waals surface area contributed by atoms with Gasteiger partial charge in [-0.2, -0.15) is 0 Å². The number of carbonyl (C=O) groups excluding carboxylic acids is 1. The number of hydrogen-bond acceptors (Lipinski definition) is 3. The monoisotopic (exact) mass is 216 g/mol. The van der Waals surface area contributed by atoms with Gasteiger partial charge in [0.05, 0.1) is 14.2 Å². The second-order valence-corrected chi connectivity index (χ2v) is 3.36. The first-order valence-electron chi connectivity index (χ1n) is 4.92. The van der Waals surface area contributed by atoms with Crippen molar-refractivity contribution in [1.82, 2.24) is 0 Å². The third kappa shape index (κ3) is 1.60. The van der Waals surface area contributed by atoms with E-state index in [4.69, 9.17) is 9.47 Å². The molecule has 0 N–H and O–H groups in total. The van der Waals surface area contributed by atoms with Crippen LogP contribution in [0.15, 0.2) is 36.4 Å². The Morgan fingerprint density at radius 3 is 2.50 bits per heavy atom. The van der Waals surface area contributed by atoms with E-state index in [1.165, 1.54) is 7.11 Å².